The summed E-state index contributed by atoms with van der Waals surface area (Å²) in [6.45, 7) is 0.417. The Kier molecular flexibility index (Phi) is 3.79. The van der Waals surface area contributed by atoms with Crippen LogP contribution in [0.2, 0.25) is 0 Å². The van der Waals surface area contributed by atoms with Crippen LogP contribution in [0.25, 0.3) is 0 Å². The summed E-state index contributed by atoms with van der Waals surface area (Å²) in [7, 11) is 1.57. The molecule has 32 valence electrons. The summed E-state index contributed by atoms with van der Waals surface area (Å²) < 4.78 is 4.45. The van der Waals surface area contributed by atoms with Gasteiger partial charge in [0.25, 0.3) is 0 Å². The van der Waals surface area contributed by atoms with Gasteiger partial charge in [0.05, 0.1) is 0 Å². The molecule has 0 fully saturated rings. The molecule has 0 bridgehead atoms. The third-order valence-corrected chi connectivity index (χ3v) is 0.228. The normalized spacial score (nSPS) is 8.40. The summed E-state index contributed by atoms with van der Waals surface area (Å²) in [5.41, 5.74) is 2.30. The molecule has 0 aromatic carbocycles. The molecule has 5 heavy (non-hydrogen) atoms. The number of nitrogens with two attached hydrogens (primary N) is 1. The van der Waals surface area contributed by atoms with Gasteiger partial charge in [-0.05, 0) is 0 Å². The second-order valence-electron chi connectivity index (χ2n) is 0.637. The first-order chi connectivity index (χ1) is 2.41. The standard InChI is InChI=1S/C2H8N2O/c1-5-2-4-3/h4H,2-3H2,1H3. The van der Waals surface area contributed by atoms with Crippen molar-refractivity contribution in [2.45, 2.75) is 0 Å². The Hall–Kier alpha value is -0.120. The van der Waals surface area contributed by atoms with Gasteiger partial charge in [-0.3, -0.25) is 5.84 Å². The van der Waals surface area contributed by atoms with E-state index in [0.717, 1.165) is 0 Å². The molecular weight excluding hydrogens is 68.0 g/mol. The summed E-state index contributed by atoms with van der Waals surface area (Å²) in [5.74, 6) is 4.76. The van der Waals surface area contributed by atoms with Gasteiger partial charge in [-0.25, -0.2) is 5.43 Å². The zero-order valence-corrected chi connectivity index (χ0v) is 3.19. The van der Waals surface area contributed by atoms with Gasteiger partial charge in [-0.2, -0.15) is 0 Å². The Bertz CT molecular complexity index is 15.1. The molecule has 0 saturated heterocycles. The van der Waals surface area contributed by atoms with Crippen molar-refractivity contribution in [3.05, 3.63) is 0 Å². The predicted molar refractivity (Wildman–Crippen MR) is 19.2 cm³/mol. The van der Waals surface area contributed by atoms with Gasteiger partial charge in [-0.15, -0.1) is 0 Å². The van der Waals surface area contributed by atoms with Crippen molar-refractivity contribution < 1.29 is 4.74 Å². The van der Waals surface area contributed by atoms with Crippen molar-refractivity contribution in [3.63, 3.8) is 0 Å². The molecule has 3 N–H and O–H groups in total. The molecule has 0 rings (SSSR count). The molecule has 0 aliphatic rings. The van der Waals surface area contributed by atoms with Crippen LogP contribution in [0.3, 0.4) is 0 Å². The smallest absolute Gasteiger partial charge is 0.108 e. The van der Waals surface area contributed by atoms with E-state index in [-0.39, 0.29) is 0 Å². The first kappa shape index (κ1) is 4.88. The number of hydrogen-bond donors (Lipinski definition) is 2. The fourth-order valence-electron chi connectivity index (χ4n) is 0.0833. The second-order valence-corrected chi connectivity index (χ2v) is 0.637. The fraction of sp³-hybridized carbons (Fsp3) is 1.00. The van der Waals surface area contributed by atoms with E-state index in [1.807, 2.05) is 0 Å². The van der Waals surface area contributed by atoms with E-state index in [2.05, 4.69) is 10.2 Å². The summed E-state index contributed by atoms with van der Waals surface area (Å²) in [4.78, 5) is 0. The van der Waals surface area contributed by atoms with Crippen molar-refractivity contribution in [1.29, 1.82) is 0 Å². The maximum absolute atomic E-state index is 4.76. The minimum Gasteiger partial charge on any atom is -0.368 e. The van der Waals surface area contributed by atoms with Crippen molar-refractivity contribution >= 4 is 0 Å². The Balaban J connectivity index is 2.19. The average Bonchev–Trinajstić information content (AvgIpc) is 1.41. The molecule has 0 amide bonds. The lowest BCUT2D eigenvalue weighted by Gasteiger charge is -1.88. The highest BCUT2D eigenvalue weighted by atomic mass is 16.5. The van der Waals surface area contributed by atoms with E-state index in [1.54, 1.807) is 7.11 Å². The van der Waals surface area contributed by atoms with Gasteiger partial charge in [0.2, 0.25) is 0 Å². The number of rotatable bonds is 2. The maximum atomic E-state index is 4.76. The van der Waals surface area contributed by atoms with E-state index < -0.39 is 0 Å². The first-order valence-electron chi connectivity index (χ1n) is 1.34. The van der Waals surface area contributed by atoms with Crippen LogP contribution in [0.15, 0.2) is 0 Å². The van der Waals surface area contributed by atoms with Crippen LogP contribution in [0, 0.1) is 0 Å². The minimum atomic E-state index is 0.417. The quantitative estimate of drug-likeness (QED) is 0.253. The summed E-state index contributed by atoms with van der Waals surface area (Å²) >= 11 is 0. The molecule has 0 saturated carbocycles. The van der Waals surface area contributed by atoms with Crippen LogP contribution in [0.4, 0.5) is 0 Å². The molecule has 0 aliphatic carbocycles. The third-order valence-electron chi connectivity index (χ3n) is 0.228. The molecule has 3 heteroatoms. The first-order valence-corrected chi connectivity index (χ1v) is 1.34. The number of methoxy groups -OCH3 is 1. The largest absolute Gasteiger partial charge is 0.368 e. The SMILES string of the molecule is COCNN. The average molecular weight is 76.1 g/mol. The molecule has 0 unspecified atom stereocenters. The Labute approximate surface area is 31.1 Å². The van der Waals surface area contributed by atoms with Gasteiger partial charge in [-0.1, -0.05) is 0 Å². The van der Waals surface area contributed by atoms with Crippen molar-refractivity contribution in [1.82, 2.24) is 5.43 Å². The van der Waals surface area contributed by atoms with E-state index in [0.29, 0.717) is 6.73 Å². The molecule has 0 spiro atoms. The molecular formula is C2H8N2O. The molecule has 0 atom stereocenters. The van der Waals surface area contributed by atoms with E-state index in [1.165, 1.54) is 0 Å². The number of ether oxygens (including phenoxy) is 1. The lowest BCUT2D eigenvalue weighted by atomic mass is 11.3. The van der Waals surface area contributed by atoms with E-state index in [9.17, 15) is 0 Å². The lowest BCUT2D eigenvalue weighted by molar-refractivity contribution is 0.176. The van der Waals surface area contributed by atoms with Gasteiger partial charge in [0, 0.05) is 7.11 Å². The Morgan fingerprint density at radius 2 is 2.60 bits per heavy atom. The predicted octanol–water partition coefficient (Wildman–Crippen LogP) is -0.946. The highest BCUT2D eigenvalue weighted by Crippen LogP contribution is 1.46. The van der Waals surface area contributed by atoms with Crippen LogP contribution >= 0.6 is 0 Å². The molecule has 0 aromatic rings. The van der Waals surface area contributed by atoms with Crippen molar-refractivity contribution in [2.75, 3.05) is 13.8 Å². The molecule has 0 heterocycles. The zero-order chi connectivity index (χ0) is 4.12. The second kappa shape index (κ2) is 3.88. The topological polar surface area (TPSA) is 47.3 Å². The summed E-state index contributed by atoms with van der Waals surface area (Å²) in [5, 5.41) is 0. The molecule has 0 aromatic heterocycles. The van der Waals surface area contributed by atoms with Gasteiger partial charge in [0.15, 0.2) is 0 Å². The van der Waals surface area contributed by atoms with E-state index in [4.69, 9.17) is 5.84 Å². The minimum absolute atomic E-state index is 0.417. The molecule has 0 radical (unpaired) electrons. The monoisotopic (exact) mass is 76.1 g/mol. The van der Waals surface area contributed by atoms with Crippen LogP contribution < -0.4 is 11.3 Å². The van der Waals surface area contributed by atoms with Gasteiger partial charge >= 0.3 is 0 Å². The number of nitrogens with one attached hydrogen (secondary N) is 1. The Morgan fingerprint density at radius 1 is 2.00 bits per heavy atom. The van der Waals surface area contributed by atoms with Crippen molar-refractivity contribution in [3.8, 4) is 0 Å². The zero-order valence-electron chi connectivity index (χ0n) is 3.19. The van der Waals surface area contributed by atoms with Crippen molar-refractivity contribution in [2.24, 2.45) is 5.84 Å². The molecule has 0 aliphatic heterocycles. The summed E-state index contributed by atoms with van der Waals surface area (Å²) in [6, 6.07) is 0. The fourth-order valence-corrected chi connectivity index (χ4v) is 0.0833. The van der Waals surface area contributed by atoms with Gasteiger partial charge in [0.1, 0.15) is 6.73 Å². The number of hydrazine groups is 1. The highest BCUT2D eigenvalue weighted by molar-refractivity contribution is 4.01. The van der Waals surface area contributed by atoms with Crippen LogP contribution in [0.5, 0.6) is 0 Å². The molecule has 3 nitrogen and oxygen atoms in total. The highest BCUT2D eigenvalue weighted by Gasteiger charge is 1.61. The Morgan fingerprint density at radius 3 is 2.60 bits per heavy atom. The van der Waals surface area contributed by atoms with E-state index >= 15 is 0 Å². The number of hydrogen-bond acceptors (Lipinski definition) is 3. The van der Waals surface area contributed by atoms with Crippen LogP contribution in [0.1, 0.15) is 0 Å². The maximum Gasteiger partial charge on any atom is 0.108 e. The van der Waals surface area contributed by atoms with Gasteiger partial charge < -0.3 is 4.74 Å². The summed E-state index contributed by atoms with van der Waals surface area (Å²) in [6.07, 6.45) is 0. The van der Waals surface area contributed by atoms with Crippen LogP contribution in [-0.2, 0) is 4.74 Å². The van der Waals surface area contributed by atoms with Crippen LogP contribution in [-0.4, -0.2) is 13.8 Å². The third kappa shape index (κ3) is 3.88. The lowest BCUT2D eigenvalue weighted by Crippen LogP contribution is -2.23.